The van der Waals surface area contributed by atoms with Crippen molar-refractivity contribution in [1.29, 1.82) is 5.26 Å². The van der Waals surface area contributed by atoms with Gasteiger partial charge >= 0.3 is 0 Å². The number of hydrogen-bond acceptors (Lipinski definition) is 3. The number of nitrogens with zero attached hydrogens (tertiary/aromatic N) is 3. The number of benzene rings is 1. The quantitative estimate of drug-likeness (QED) is 0.730. The number of aryl methyl sites for hydroxylation is 2. The SMILES string of the molecule is CCC(C)[C@H]1CSC(=Nc2cc(C)c(C#N)cc2C)N1CC(C)C. The van der Waals surface area contributed by atoms with Gasteiger partial charge in [-0.3, -0.25) is 0 Å². The van der Waals surface area contributed by atoms with Gasteiger partial charge < -0.3 is 4.90 Å². The maximum atomic E-state index is 9.18. The summed E-state index contributed by atoms with van der Waals surface area (Å²) in [5.74, 6) is 2.41. The Kier molecular flexibility index (Phi) is 6.34. The van der Waals surface area contributed by atoms with E-state index < -0.39 is 0 Å². The predicted octanol–water partition coefficient (Wildman–Crippen LogP) is 5.28. The zero-order valence-corrected chi connectivity index (χ0v) is 16.6. The van der Waals surface area contributed by atoms with Crippen LogP contribution in [-0.4, -0.2) is 28.4 Å². The molecule has 0 radical (unpaired) electrons. The van der Waals surface area contributed by atoms with Crippen LogP contribution in [0, 0.1) is 37.0 Å². The van der Waals surface area contributed by atoms with Crippen molar-refractivity contribution in [3.05, 3.63) is 28.8 Å². The molecule has 2 rings (SSSR count). The molecule has 1 aromatic rings. The summed E-state index contributed by atoms with van der Waals surface area (Å²) in [4.78, 5) is 7.50. The third-order valence-electron chi connectivity index (χ3n) is 4.77. The molecule has 0 aliphatic carbocycles. The molecule has 1 aromatic carbocycles. The highest BCUT2D eigenvalue weighted by molar-refractivity contribution is 8.14. The smallest absolute Gasteiger partial charge is 0.164 e. The summed E-state index contributed by atoms with van der Waals surface area (Å²) in [6, 6.07) is 6.83. The van der Waals surface area contributed by atoms with Gasteiger partial charge in [-0.25, -0.2) is 4.99 Å². The molecule has 1 aliphatic rings. The van der Waals surface area contributed by atoms with Crippen molar-refractivity contribution in [3.8, 4) is 6.07 Å². The number of hydrogen-bond donors (Lipinski definition) is 0. The molecule has 0 aromatic heterocycles. The highest BCUT2D eigenvalue weighted by Gasteiger charge is 2.33. The summed E-state index contributed by atoms with van der Waals surface area (Å²) in [5, 5.41) is 10.3. The Bertz CT molecular complexity index is 658. The molecule has 2 atom stereocenters. The fraction of sp³-hybridized carbons (Fsp3) is 0.600. The van der Waals surface area contributed by atoms with Gasteiger partial charge in [-0.1, -0.05) is 45.9 Å². The summed E-state index contributed by atoms with van der Waals surface area (Å²) in [5.41, 5.74) is 3.81. The van der Waals surface area contributed by atoms with Crippen molar-refractivity contribution in [2.24, 2.45) is 16.8 Å². The van der Waals surface area contributed by atoms with Crippen LogP contribution in [0.5, 0.6) is 0 Å². The molecular weight excluding hydrogens is 314 g/mol. The lowest BCUT2D eigenvalue weighted by molar-refractivity contribution is 0.245. The Morgan fingerprint density at radius 3 is 2.58 bits per heavy atom. The third kappa shape index (κ3) is 4.13. The highest BCUT2D eigenvalue weighted by Crippen LogP contribution is 2.33. The van der Waals surface area contributed by atoms with E-state index in [-0.39, 0.29) is 0 Å². The molecule has 0 bridgehead atoms. The highest BCUT2D eigenvalue weighted by atomic mass is 32.2. The lowest BCUT2D eigenvalue weighted by Crippen LogP contribution is -2.40. The average Bonchev–Trinajstić information content (AvgIpc) is 2.91. The second kappa shape index (κ2) is 8.07. The van der Waals surface area contributed by atoms with Crippen molar-refractivity contribution in [1.82, 2.24) is 4.90 Å². The summed E-state index contributed by atoms with van der Waals surface area (Å²) >= 11 is 1.87. The molecule has 0 amide bonds. The van der Waals surface area contributed by atoms with Crippen molar-refractivity contribution in [2.75, 3.05) is 12.3 Å². The minimum Gasteiger partial charge on any atom is -0.347 e. The lowest BCUT2D eigenvalue weighted by Gasteiger charge is -2.31. The largest absolute Gasteiger partial charge is 0.347 e. The molecule has 0 N–H and O–H groups in total. The Balaban J connectivity index is 2.37. The van der Waals surface area contributed by atoms with Crippen molar-refractivity contribution >= 4 is 22.6 Å². The van der Waals surface area contributed by atoms with E-state index in [0.717, 1.165) is 39.8 Å². The van der Waals surface area contributed by atoms with Crippen molar-refractivity contribution in [2.45, 2.75) is 54.0 Å². The Morgan fingerprint density at radius 1 is 1.29 bits per heavy atom. The van der Waals surface area contributed by atoms with Crippen LogP contribution in [0.2, 0.25) is 0 Å². The van der Waals surface area contributed by atoms with Crippen LogP contribution in [0.15, 0.2) is 17.1 Å². The molecule has 0 saturated carbocycles. The first kappa shape index (κ1) is 18.9. The second-order valence-corrected chi connectivity index (χ2v) is 8.26. The Hall–Kier alpha value is -1.47. The fourth-order valence-corrected chi connectivity index (χ4v) is 4.43. The molecule has 1 fully saturated rings. The molecule has 1 unspecified atom stereocenters. The number of amidine groups is 1. The van der Waals surface area contributed by atoms with E-state index >= 15 is 0 Å². The molecule has 4 heteroatoms. The van der Waals surface area contributed by atoms with Crippen LogP contribution in [-0.2, 0) is 0 Å². The van der Waals surface area contributed by atoms with Crippen LogP contribution in [0.25, 0.3) is 0 Å². The van der Waals surface area contributed by atoms with Gasteiger partial charge in [-0.15, -0.1) is 0 Å². The van der Waals surface area contributed by atoms with Crippen LogP contribution in [0.1, 0.15) is 50.8 Å². The topological polar surface area (TPSA) is 39.4 Å². The summed E-state index contributed by atoms with van der Waals surface area (Å²) in [7, 11) is 0. The minimum absolute atomic E-state index is 0.570. The van der Waals surface area contributed by atoms with Gasteiger partial charge in [0, 0.05) is 18.3 Å². The molecule has 1 heterocycles. The predicted molar refractivity (Wildman–Crippen MR) is 105 cm³/mol. The molecule has 0 spiro atoms. The molecule has 1 aliphatic heterocycles. The van der Waals surface area contributed by atoms with E-state index in [4.69, 9.17) is 4.99 Å². The van der Waals surface area contributed by atoms with Gasteiger partial charge in [0.1, 0.15) is 0 Å². The number of rotatable bonds is 5. The maximum absolute atomic E-state index is 9.18. The third-order valence-corrected chi connectivity index (χ3v) is 5.86. The zero-order valence-electron chi connectivity index (χ0n) is 15.8. The summed E-state index contributed by atoms with van der Waals surface area (Å²) < 4.78 is 0. The van der Waals surface area contributed by atoms with Gasteiger partial charge in [-0.05, 0) is 48.9 Å². The fourth-order valence-electron chi connectivity index (χ4n) is 3.07. The standard InChI is InChI=1S/C20H29N3S/c1-7-14(4)19-12-24-20(23(19)11-13(2)3)22-18-9-15(5)17(10-21)8-16(18)6/h8-9,13-14,19H,7,11-12H2,1-6H3/t14?,19-/m1/s1. The minimum atomic E-state index is 0.570. The van der Waals surface area contributed by atoms with E-state index in [1.54, 1.807) is 0 Å². The van der Waals surface area contributed by atoms with Crippen LogP contribution < -0.4 is 0 Å². The molecule has 130 valence electrons. The van der Waals surface area contributed by atoms with Crippen LogP contribution in [0.3, 0.4) is 0 Å². The normalized spacial score (nSPS) is 20.7. The van der Waals surface area contributed by atoms with Crippen LogP contribution >= 0.6 is 11.8 Å². The van der Waals surface area contributed by atoms with E-state index in [2.05, 4.69) is 38.7 Å². The second-order valence-electron chi connectivity index (χ2n) is 7.27. The zero-order chi connectivity index (χ0) is 17.9. The molecule has 1 saturated heterocycles. The first-order chi connectivity index (χ1) is 11.4. The van der Waals surface area contributed by atoms with E-state index in [9.17, 15) is 5.26 Å². The average molecular weight is 344 g/mol. The van der Waals surface area contributed by atoms with Crippen LogP contribution in [0.4, 0.5) is 5.69 Å². The Labute approximate surface area is 151 Å². The first-order valence-corrected chi connectivity index (χ1v) is 9.85. The van der Waals surface area contributed by atoms with Gasteiger partial charge in [0.25, 0.3) is 0 Å². The number of aliphatic imine (C=N–C) groups is 1. The first-order valence-electron chi connectivity index (χ1n) is 8.86. The van der Waals surface area contributed by atoms with E-state index in [1.165, 1.54) is 6.42 Å². The monoisotopic (exact) mass is 343 g/mol. The van der Waals surface area contributed by atoms with Gasteiger partial charge in [0.05, 0.1) is 17.3 Å². The van der Waals surface area contributed by atoms with Gasteiger partial charge in [0.2, 0.25) is 0 Å². The van der Waals surface area contributed by atoms with E-state index in [0.29, 0.717) is 17.9 Å². The molecule has 24 heavy (non-hydrogen) atoms. The maximum Gasteiger partial charge on any atom is 0.164 e. The number of thioether (sulfide) groups is 1. The summed E-state index contributed by atoms with van der Waals surface area (Å²) in [6.45, 7) is 14.2. The Morgan fingerprint density at radius 2 is 2.00 bits per heavy atom. The number of nitriles is 1. The summed E-state index contributed by atoms with van der Waals surface area (Å²) in [6.07, 6.45) is 1.20. The molecular formula is C20H29N3S. The lowest BCUT2D eigenvalue weighted by atomic mass is 9.99. The molecule has 3 nitrogen and oxygen atoms in total. The van der Waals surface area contributed by atoms with Gasteiger partial charge in [-0.2, -0.15) is 5.26 Å². The van der Waals surface area contributed by atoms with E-state index in [1.807, 2.05) is 37.7 Å². The van der Waals surface area contributed by atoms with Gasteiger partial charge in [0.15, 0.2) is 5.17 Å². The van der Waals surface area contributed by atoms with Crippen molar-refractivity contribution < 1.29 is 0 Å². The van der Waals surface area contributed by atoms with Crippen molar-refractivity contribution in [3.63, 3.8) is 0 Å².